The maximum absolute atomic E-state index is 10.2. The van der Waals surface area contributed by atoms with Crippen molar-refractivity contribution in [2.45, 2.75) is 6.42 Å². The first kappa shape index (κ1) is 7.53. The minimum absolute atomic E-state index is 0.0694. The molecule has 2 saturated heterocycles. The molecule has 0 aromatic carbocycles. The molecule has 0 aliphatic carbocycles. The molecule has 3 heteroatoms. The third kappa shape index (κ3) is 1.28. The molecule has 0 saturated carbocycles. The summed E-state index contributed by atoms with van der Waals surface area (Å²) in [5.74, 6) is 0. The average molecular weight is 156 g/mol. The lowest BCUT2D eigenvalue weighted by Crippen LogP contribution is -2.65. The van der Waals surface area contributed by atoms with Gasteiger partial charge in [0.2, 0.25) is 0 Å². The van der Waals surface area contributed by atoms with E-state index < -0.39 is 0 Å². The Morgan fingerprint density at radius 3 is 2.55 bits per heavy atom. The Morgan fingerprint density at radius 1 is 1.36 bits per heavy atom. The topological polar surface area (TPSA) is 32.4 Å². The number of hydrogen-bond acceptors (Lipinski definition) is 2. The predicted molar refractivity (Wildman–Crippen MR) is 39.9 cm³/mol. The van der Waals surface area contributed by atoms with Crippen LogP contribution in [0.2, 0.25) is 0 Å². The summed E-state index contributed by atoms with van der Waals surface area (Å²) in [4.78, 5) is 2.35. The Hall–Kier alpha value is -0.120. The van der Waals surface area contributed by atoms with Crippen molar-refractivity contribution in [2.75, 3.05) is 39.5 Å². The zero-order valence-corrected chi connectivity index (χ0v) is 6.71. The van der Waals surface area contributed by atoms with Crippen LogP contribution in [0.15, 0.2) is 0 Å². The van der Waals surface area contributed by atoms with Gasteiger partial charge in [-0.05, 0) is 6.42 Å². The highest BCUT2D eigenvalue weighted by Gasteiger charge is 2.48. The van der Waals surface area contributed by atoms with E-state index in [-0.39, 0.29) is 6.61 Å². The van der Waals surface area contributed by atoms with Gasteiger partial charge in [0.1, 0.15) is 0 Å². The van der Waals surface area contributed by atoms with Crippen LogP contribution in [-0.4, -0.2) is 44.4 Å². The monoisotopic (exact) mass is 156 g/mol. The van der Waals surface area contributed by atoms with E-state index in [0.29, 0.717) is 5.41 Å². The maximum atomic E-state index is 10.2. The second-order valence-electron chi connectivity index (χ2n) is 3.76. The molecule has 0 unspecified atom stereocenters. The molecule has 1 radical (unpaired) electrons. The number of ether oxygens (including phenoxy) is 1. The van der Waals surface area contributed by atoms with Crippen LogP contribution in [0.5, 0.6) is 0 Å². The highest BCUT2D eigenvalue weighted by molar-refractivity contribution is 4.99. The van der Waals surface area contributed by atoms with Gasteiger partial charge in [-0.15, -0.1) is 0 Å². The lowest BCUT2D eigenvalue weighted by atomic mass is 9.78. The summed E-state index contributed by atoms with van der Waals surface area (Å²) < 4.78 is 5.14. The molecule has 0 atom stereocenters. The van der Waals surface area contributed by atoms with Crippen molar-refractivity contribution in [3.8, 4) is 0 Å². The summed E-state index contributed by atoms with van der Waals surface area (Å²) >= 11 is 0. The van der Waals surface area contributed by atoms with Crippen molar-refractivity contribution in [2.24, 2.45) is 5.41 Å². The van der Waals surface area contributed by atoms with E-state index in [1.165, 1.54) is 0 Å². The summed E-state index contributed by atoms with van der Waals surface area (Å²) in [7, 11) is 0. The van der Waals surface area contributed by atoms with Crippen LogP contribution in [0, 0.1) is 5.41 Å². The summed E-state index contributed by atoms with van der Waals surface area (Å²) in [6.45, 7) is 5.27. The van der Waals surface area contributed by atoms with Crippen LogP contribution >= 0.6 is 0 Å². The molecule has 0 bridgehead atoms. The highest BCUT2D eigenvalue weighted by Crippen LogP contribution is 2.37. The van der Waals surface area contributed by atoms with Crippen LogP contribution in [0.25, 0.3) is 0 Å². The largest absolute Gasteiger partial charge is 0.380 e. The van der Waals surface area contributed by atoms with Crippen molar-refractivity contribution in [1.29, 1.82) is 0 Å². The SMILES string of the molecule is [O]CCCN1CC2(COC2)C1. The van der Waals surface area contributed by atoms with E-state index in [4.69, 9.17) is 4.74 Å². The van der Waals surface area contributed by atoms with Gasteiger partial charge in [-0.1, -0.05) is 0 Å². The first-order chi connectivity index (χ1) is 5.35. The van der Waals surface area contributed by atoms with Crippen molar-refractivity contribution >= 4 is 0 Å². The molecule has 3 nitrogen and oxygen atoms in total. The van der Waals surface area contributed by atoms with Crippen molar-refractivity contribution < 1.29 is 9.84 Å². The molecule has 0 aromatic heterocycles. The van der Waals surface area contributed by atoms with E-state index in [1.54, 1.807) is 0 Å². The standard InChI is InChI=1S/C8H14NO2/c10-3-1-2-9-4-8(5-9)6-11-7-8/h1-7H2. The van der Waals surface area contributed by atoms with Gasteiger partial charge < -0.3 is 9.64 Å². The molecule has 2 aliphatic rings. The van der Waals surface area contributed by atoms with Crippen molar-refractivity contribution in [3.63, 3.8) is 0 Å². The molecule has 63 valence electrons. The van der Waals surface area contributed by atoms with Crippen LogP contribution in [0.4, 0.5) is 0 Å². The van der Waals surface area contributed by atoms with Gasteiger partial charge in [-0.3, -0.25) is 0 Å². The third-order valence-electron chi connectivity index (χ3n) is 2.55. The van der Waals surface area contributed by atoms with Gasteiger partial charge in [0.25, 0.3) is 0 Å². The molecule has 1 spiro atoms. The highest BCUT2D eigenvalue weighted by atomic mass is 16.5. The molecular formula is C8H14NO2. The fourth-order valence-electron chi connectivity index (χ4n) is 1.92. The van der Waals surface area contributed by atoms with Crippen LogP contribution in [-0.2, 0) is 9.84 Å². The van der Waals surface area contributed by atoms with Crippen LogP contribution < -0.4 is 0 Å². The molecule has 2 heterocycles. The van der Waals surface area contributed by atoms with Crippen molar-refractivity contribution in [3.05, 3.63) is 0 Å². The third-order valence-corrected chi connectivity index (χ3v) is 2.55. The molecule has 2 fully saturated rings. The maximum Gasteiger partial charge on any atom is 0.0834 e. The van der Waals surface area contributed by atoms with Gasteiger partial charge >= 0.3 is 0 Å². The first-order valence-electron chi connectivity index (χ1n) is 4.23. The van der Waals surface area contributed by atoms with Gasteiger partial charge in [0.05, 0.1) is 19.8 Å². The number of hydrogen-bond donors (Lipinski definition) is 0. The zero-order valence-electron chi connectivity index (χ0n) is 6.71. The number of rotatable bonds is 3. The zero-order chi connectivity index (χ0) is 7.73. The lowest BCUT2D eigenvalue weighted by Gasteiger charge is -2.55. The number of nitrogens with zero attached hydrogens (tertiary/aromatic N) is 1. The second kappa shape index (κ2) is 2.73. The Balaban J connectivity index is 1.63. The Bertz CT molecular complexity index is 137. The lowest BCUT2D eigenvalue weighted by molar-refractivity contribution is -0.189. The Kier molecular flexibility index (Phi) is 1.87. The fraction of sp³-hybridized carbons (Fsp3) is 1.00. The number of likely N-dealkylation sites (tertiary alicyclic amines) is 1. The second-order valence-corrected chi connectivity index (χ2v) is 3.76. The summed E-state index contributed by atoms with van der Waals surface area (Å²) in [6.07, 6.45) is 0.803. The van der Waals surface area contributed by atoms with Crippen molar-refractivity contribution in [1.82, 2.24) is 4.90 Å². The van der Waals surface area contributed by atoms with Gasteiger partial charge in [0.15, 0.2) is 0 Å². The summed E-state index contributed by atoms with van der Waals surface area (Å²) in [5.41, 5.74) is 0.517. The predicted octanol–water partition coefficient (Wildman–Crippen LogP) is 0.139. The van der Waals surface area contributed by atoms with E-state index >= 15 is 0 Å². The van der Waals surface area contributed by atoms with Gasteiger partial charge in [-0.25, -0.2) is 5.11 Å². The first-order valence-corrected chi connectivity index (χ1v) is 4.23. The van der Waals surface area contributed by atoms with E-state index in [0.717, 1.165) is 39.3 Å². The normalized spacial score (nSPS) is 28.1. The minimum Gasteiger partial charge on any atom is -0.380 e. The Labute approximate surface area is 66.9 Å². The molecule has 0 aromatic rings. The average Bonchev–Trinajstić information content (AvgIpc) is 1.81. The van der Waals surface area contributed by atoms with E-state index in [1.807, 2.05) is 0 Å². The molecule has 11 heavy (non-hydrogen) atoms. The molecule has 2 rings (SSSR count). The van der Waals surface area contributed by atoms with Gasteiger partial charge in [0, 0.05) is 25.0 Å². The molecule has 0 N–H and O–H groups in total. The molecule has 2 aliphatic heterocycles. The minimum atomic E-state index is 0.0694. The van der Waals surface area contributed by atoms with E-state index in [2.05, 4.69) is 4.90 Å². The smallest absolute Gasteiger partial charge is 0.0834 e. The molecular weight excluding hydrogens is 142 g/mol. The van der Waals surface area contributed by atoms with Gasteiger partial charge in [-0.2, -0.15) is 0 Å². The summed E-state index contributed by atoms with van der Waals surface area (Å²) in [6, 6.07) is 0. The van der Waals surface area contributed by atoms with Crippen LogP contribution in [0.1, 0.15) is 6.42 Å². The Morgan fingerprint density at radius 2 is 2.09 bits per heavy atom. The fourth-order valence-corrected chi connectivity index (χ4v) is 1.92. The quantitative estimate of drug-likeness (QED) is 0.582. The van der Waals surface area contributed by atoms with Crippen LogP contribution in [0.3, 0.4) is 0 Å². The van der Waals surface area contributed by atoms with E-state index in [9.17, 15) is 5.11 Å². The molecule has 0 amide bonds. The summed E-state index contributed by atoms with van der Waals surface area (Å²) in [5, 5.41) is 10.2.